The number of carbonyl (C=O) groups is 2. The van der Waals surface area contributed by atoms with Gasteiger partial charge >= 0.3 is 5.97 Å². The number of ketones is 1. The molecule has 0 aromatic carbocycles. The lowest BCUT2D eigenvalue weighted by atomic mass is 9.43. The summed E-state index contributed by atoms with van der Waals surface area (Å²) in [4.78, 5) is 26.1. The molecule has 6 rings (SSSR count). The Bertz CT molecular complexity index is 1040. The van der Waals surface area contributed by atoms with Crippen molar-refractivity contribution >= 4 is 11.8 Å². The van der Waals surface area contributed by atoms with Gasteiger partial charge in [0.25, 0.3) is 0 Å². The van der Waals surface area contributed by atoms with Gasteiger partial charge in [-0.15, -0.1) is 0 Å². The van der Waals surface area contributed by atoms with E-state index in [1.54, 1.807) is 6.92 Å². The lowest BCUT2D eigenvalue weighted by Gasteiger charge is -2.60. The average Bonchev–Trinajstić information content (AvgIpc) is 3.42. The molecule has 37 heavy (non-hydrogen) atoms. The number of hydrogen-bond donors (Lipinski definition) is 5. The van der Waals surface area contributed by atoms with Gasteiger partial charge in [0.15, 0.2) is 5.60 Å². The molecular formula is C28H42O9. The number of ether oxygens (including phenoxy) is 2. The lowest BCUT2D eigenvalue weighted by molar-refractivity contribution is -0.251. The van der Waals surface area contributed by atoms with Crippen LogP contribution in [0.4, 0.5) is 0 Å². The summed E-state index contributed by atoms with van der Waals surface area (Å²) in [5.41, 5.74) is -7.37. The van der Waals surface area contributed by atoms with E-state index in [1.807, 2.05) is 6.92 Å². The summed E-state index contributed by atoms with van der Waals surface area (Å²) in [7, 11) is 0. The number of aliphatic hydroxyl groups is 5. The minimum atomic E-state index is -2.06. The molecule has 9 nitrogen and oxygen atoms in total. The molecule has 1 spiro atoms. The average molecular weight is 523 g/mol. The highest BCUT2D eigenvalue weighted by Gasteiger charge is 2.82. The molecular weight excluding hydrogens is 480 g/mol. The zero-order valence-electron chi connectivity index (χ0n) is 22.4. The van der Waals surface area contributed by atoms with Gasteiger partial charge in [-0.2, -0.15) is 0 Å². The topological polar surface area (TPSA) is 157 Å². The highest BCUT2D eigenvalue weighted by atomic mass is 16.6. The van der Waals surface area contributed by atoms with E-state index < -0.39 is 52.1 Å². The standard InChI is InChI=1S/C28H42O9/c1-23-9-8-15-13(10-19-28(37-19)21(31)16(29)11-18(30)25(15,28)3)14(23)6-7-17(23)26(4,34)20-12-24(2,33)27(5,35)22(32)36-20/h13-17,19-21,29,31,33-35H,6-12H2,1-5H3/t13-,14+,15+,16-,17-,19+,20-,21-,23-,24-,25-,26+,27-,28-/m0/s1. The SMILES string of the molecule is C[C@](O)([C@@H]1C[C@](C)(O)[C@@](C)(O)C(=O)O1)[C@H]1CC[C@@H]2[C@@H]3C[C@H]4O[C@]45[C@@H](O)[C@@H](O)CC(=O)[C@]5(C)[C@@H]3CC[C@@]21C. The monoisotopic (exact) mass is 522 g/mol. The second kappa shape index (κ2) is 7.34. The summed E-state index contributed by atoms with van der Waals surface area (Å²) in [6.45, 7) is 8.45. The summed E-state index contributed by atoms with van der Waals surface area (Å²) in [5, 5.41) is 54.7. The molecule has 14 atom stereocenters. The van der Waals surface area contributed by atoms with Crippen molar-refractivity contribution < 1.29 is 44.6 Å². The Morgan fingerprint density at radius 2 is 1.68 bits per heavy atom. The molecule has 0 amide bonds. The highest BCUT2D eigenvalue weighted by molar-refractivity contribution is 5.89. The first-order valence-electron chi connectivity index (χ1n) is 13.9. The molecule has 0 radical (unpaired) electrons. The van der Waals surface area contributed by atoms with Gasteiger partial charge in [0, 0.05) is 12.8 Å². The summed E-state index contributed by atoms with van der Waals surface area (Å²) in [6.07, 6.45) is 0.232. The Kier molecular flexibility index (Phi) is 5.19. The zero-order chi connectivity index (χ0) is 27.1. The number of epoxide rings is 1. The Morgan fingerprint density at radius 1 is 1.00 bits per heavy atom. The number of Topliss-reactive ketones (excluding diaryl/α,β-unsaturated/α-hetero) is 1. The largest absolute Gasteiger partial charge is 0.457 e. The van der Waals surface area contributed by atoms with Gasteiger partial charge in [0.2, 0.25) is 0 Å². The van der Waals surface area contributed by atoms with Crippen LogP contribution in [0.2, 0.25) is 0 Å². The van der Waals surface area contributed by atoms with Crippen LogP contribution in [0.3, 0.4) is 0 Å². The Labute approximate surface area is 217 Å². The van der Waals surface area contributed by atoms with Crippen LogP contribution in [0.15, 0.2) is 0 Å². The fourth-order valence-electron chi connectivity index (χ4n) is 10.1. The summed E-state index contributed by atoms with van der Waals surface area (Å²) < 4.78 is 11.7. The van der Waals surface area contributed by atoms with Crippen LogP contribution < -0.4 is 0 Å². The lowest BCUT2D eigenvalue weighted by Crippen LogP contribution is -2.69. The maximum atomic E-state index is 13.5. The van der Waals surface area contributed by atoms with Gasteiger partial charge in [-0.3, -0.25) is 4.79 Å². The number of carbonyl (C=O) groups excluding carboxylic acids is 2. The van der Waals surface area contributed by atoms with Crippen LogP contribution in [0.25, 0.3) is 0 Å². The minimum absolute atomic E-state index is 0.0195. The number of rotatable bonds is 2. The zero-order valence-corrected chi connectivity index (χ0v) is 22.4. The first kappa shape index (κ1) is 26.1. The van der Waals surface area contributed by atoms with Crippen molar-refractivity contribution in [3.63, 3.8) is 0 Å². The van der Waals surface area contributed by atoms with Crippen molar-refractivity contribution in [3.8, 4) is 0 Å². The predicted octanol–water partition coefficient (Wildman–Crippen LogP) is 0.856. The Balaban J connectivity index is 1.30. The molecule has 2 heterocycles. The van der Waals surface area contributed by atoms with Crippen LogP contribution >= 0.6 is 0 Å². The van der Waals surface area contributed by atoms with Gasteiger partial charge in [-0.1, -0.05) is 6.92 Å². The van der Waals surface area contributed by atoms with Crippen LogP contribution in [0, 0.1) is 34.5 Å². The van der Waals surface area contributed by atoms with E-state index in [0.717, 1.165) is 19.3 Å². The molecule has 0 bridgehead atoms. The quantitative estimate of drug-likeness (QED) is 0.262. The molecule has 4 aliphatic carbocycles. The van der Waals surface area contributed by atoms with E-state index in [-0.39, 0.29) is 53.8 Å². The maximum absolute atomic E-state index is 13.5. The van der Waals surface area contributed by atoms with Crippen LogP contribution in [-0.2, 0) is 19.1 Å². The van der Waals surface area contributed by atoms with Gasteiger partial charge in [0.05, 0.1) is 17.6 Å². The molecule has 4 saturated carbocycles. The van der Waals surface area contributed by atoms with Crippen molar-refractivity contribution in [1.29, 1.82) is 0 Å². The van der Waals surface area contributed by atoms with E-state index in [1.165, 1.54) is 13.8 Å². The first-order valence-corrected chi connectivity index (χ1v) is 13.9. The van der Waals surface area contributed by atoms with Crippen molar-refractivity contribution in [2.45, 2.75) is 126 Å². The first-order chi connectivity index (χ1) is 17.0. The predicted molar refractivity (Wildman–Crippen MR) is 129 cm³/mol. The summed E-state index contributed by atoms with van der Waals surface area (Å²) in [5.74, 6) is -0.772. The van der Waals surface area contributed by atoms with Crippen LogP contribution in [-0.4, -0.2) is 84.1 Å². The molecule has 0 aromatic heterocycles. The third kappa shape index (κ3) is 2.91. The fraction of sp³-hybridized carbons (Fsp3) is 0.929. The van der Waals surface area contributed by atoms with E-state index in [0.29, 0.717) is 12.8 Å². The van der Waals surface area contributed by atoms with E-state index in [2.05, 4.69) is 6.92 Å². The number of fused-ring (bicyclic) bond motifs is 4. The molecule has 5 N–H and O–H groups in total. The van der Waals surface area contributed by atoms with E-state index >= 15 is 0 Å². The summed E-state index contributed by atoms with van der Waals surface area (Å²) in [6, 6.07) is 0. The van der Waals surface area contributed by atoms with Gasteiger partial charge in [0.1, 0.15) is 34.8 Å². The molecule has 9 heteroatoms. The van der Waals surface area contributed by atoms with Crippen molar-refractivity contribution in [2.75, 3.05) is 0 Å². The van der Waals surface area contributed by atoms with Gasteiger partial charge in [-0.05, 0) is 88.9 Å². The molecule has 0 aromatic rings. The Morgan fingerprint density at radius 3 is 2.32 bits per heavy atom. The van der Waals surface area contributed by atoms with Crippen molar-refractivity contribution in [1.82, 2.24) is 0 Å². The van der Waals surface area contributed by atoms with Crippen LogP contribution in [0.5, 0.6) is 0 Å². The number of hydrogen-bond acceptors (Lipinski definition) is 9. The number of cyclic esters (lactones) is 1. The molecule has 2 saturated heterocycles. The second-order valence-electron chi connectivity index (χ2n) is 14.2. The number of aliphatic hydroxyl groups excluding tert-OH is 2. The van der Waals surface area contributed by atoms with E-state index in [9.17, 15) is 35.1 Å². The van der Waals surface area contributed by atoms with Crippen LogP contribution in [0.1, 0.15) is 79.6 Å². The molecule has 6 aliphatic rings. The smallest absolute Gasteiger partial charge is 0.341 e. The van der Waals surface area contributed by atoms with Gasteiger partial charge < -0.3 is 35.0 Å². The molecule has 0 unspecified atom stereocenters. The summed E-state index contributed by atoms with van der Waals surface area (Å²) >= 11 is 0. The minimum Gasteiger partial charge on any atom is -0.457 e. The molecule has 6 fully saturated rings. The molecule has 208 valence electrons. The third-order valence-electron chi connectivity index (χ3n) is 12.6. The second-order valence-corrected chi connectivity index (χ2v) is 14.2. The Hall–Kier alpha value is -1.10. The number of esters is 1. The fourth-order valence-corrected chi connectivity index (χ4v) is 10.1. The normalized spacial score (nSPS) is 60.4. The maximum Gasteiger partial charge on any atom is 0.341 e. The van der Waals surface area contributed by atoms with E-state index in [4.69, 9.17) is 9.47 Å². The van der Waals surface area contributed by atoms with Crippen molar-refractivity contribution in [2.24, 2.45) is 34.5 Å². The highest BCUT2D eigenvalue weighted by Crippen LogP contribution is 2.74. The van der Waals surface area contributed by atoms with Gasteiger partial charge in [-0.25, -0.2) is 4.79 Å². The van der Waals surface area contributed by atoms with Crippen molar-refractivity contribution in [3.05, 3.63) is 0 Å². The third-order valence-corrected chi connectivity index (χ3v) is 12.6. The molecule has 2 aliphatic heterocycles.